The maximum atomic E-state index is 12.1. The lowest BCUT2D eigenvalue weighted by Gasteiger charge is -2.21. The number of hydrogen-bond acceptors (Lipinski definition) is 4. The fourth-order valence-corrected chi connectivity index (χ4v) is 1.62. The van der Waals surface area contributed by atoms with Gasteiger partial charge in [-0.15, -0.1) is 13.2 Å². The Morgan fingerprint density at radius 3 is 2.33 bits per heavy atom. The number of carbonyl (C=O) groups excluding carboxylic acids is 1. The first-order chi connectivity index (χ1) is 9.87. The van der Waals surface area contributed by atoms with Crippen LogP contribution in [0, 0.1) is 0 Å². The molecule has 0 fully saturated rings. The number of carbonyl (C=O) groups is 1. The van der Waals surface area contributed by atoms with Crippen molar-refractivity contribution in [3.05, 3.63) is 29.8 Å². The quantitative estimate of drug-likeness (QED) is 0.832. The summed E-state index contributed by atoms with van der Waals surface area (Å²) in [4.78, 5) is 13.5. The van der Waals surface area contributed by atoms with E-state index >= 15 is 0 Å². The van der Waals surface area contributed by atoms with Crippen LogP contribution in [0.15, 0.2) is 24.3 Å². The lowest BCUT2D eigenvalue weighted by Crippen LogP contribution is -2.36. The molecular formula is C13H16F3NO4. The highest BCUT2D eigenvalue weighted by molar-refractivity contribution is 5.94. The minimum atomic E-state index is -4.77. The molecule has 0 aliphatic rings. The molecule has 1 N–H and O–H groups in total. The fourth-order valence-electron chi connectivity index (χ4n) is 1.62. The molecule has 0 atom stereocenters. The van der Waals surface area contributed by atoms with Crippen LogP contribution in [0.4, 0.5) is 13.2 Å². The zero-order valence-corrected chi connectivity index (χ0v) is 11.4. The van der Waals surface area contributed by atoms with Gasteiger partial charge in [0.2, 0.25) is 0 Å². The minimum absolute atomic E-state index is 0.114. The smallest absolute Gasteiger partial charge is 0.406 e. The van der Waals surface area contributed by atoms with E-state index in [4.69, 9.17) is 9.84 Å². The Morgan fingerprint density at radius 1 is 1.24 bits per heavy atom. The molecule has 0 radical (unpaired) electrons. The Balaban J connectivity index is 2.76. The van der Waals surface area contributed by atoms with Gasteiger partial charge in [-0.1, -0.05) is 0 Å². The van der Waals surface area contributed by atoms with Crippen molar-refractivity contribution in [2.75, 3.05) is 33.4 Å². The van der Waals surface area contributed by atoms with Gasteiger partial charge in [0.15, 0.2) is 0 Å². The van der Waals surface area contributed by atoms with Crippen molar-refractivity contribution in [3.63, 3.8) is 0 Å². The molecule has 1 rings (SSSR count). The Kier molecular flexibility index (Phi) is 6.44. The SMILES string of the molecule is COCCN(CCO)C(=O)c1ccc(OC(F)(F)F)cc1. The van der Waals surface area contributed by atoms with Gasteiger partial charge >= 0.3 is 6.36 Å². The standard InChI is InChI=1S/C13H16F3NO4/c1-20-9-7-17(6-8-18)12(19)10-2-4-11(5-3-10)21-13(14,15)16/h2-5,18H,6-9H2,1H3. The van der Waals surface area contributed by atoms with Gasteiger partial charge in [0, 0.05) is 25.8 Å². The maximum absolute atomic E-state index is 12.1. The zero-order chi connectivity index (χ0) is 15.9. The van der Waals surface area contributed by atoms with Crippen LogP contribution in [-0.4, -0.2) is 55.7 Å². The van der Waals surface area contributed by atoms with Crippen molar-refractivity contribution >= 4 is 5.91 Å². The third kappa shape index (κ3) is 6.01. The Labute approximate surface area is 119 Å². The van der Waals surface area contributed by atoms with Crippen molar-refractivity contribution in [3.8, 4) is 5.75 Å². The molecule has 1 aromatic carbocycles. The van der Waals surface area contributed by atoms with Crippen LogP contribution >= 0.6 is 0 Å². The molecule has 0 bridgehead atoms. The first-order valence-corrected chi connectivity index (χ1v) is 6.12. The lowest BCUT2D eigenvalue weighted by atomic mass is 10.2. The largest absolute Gasteiger partial charge is 0.573 e. The second-order valence-corrected chi connectivity index (χ2v) is 4.08. The number of aliphatic hydroxyl groups is 1. The first-order valence-electron chi connectivity index (χ1n) is 6.12. The second kappa shape index (κ2) is 7.84. The Hall–Kier alpha value is -1.80. The maximum Gasteiger partial charge on any atom is 0.573 e. The number of hydrogen-bond donors (Lipinski definition) is 1. The van der Waals surface area contributed by atoms with Crippen LogP contribution in [0.5, 0.6) is 5.75 Å². The number of halogens is 3. The van der Waals surface area contributed by atoms with E-state index in [1.165, 1.54) is 24.1 Å². The molecule has 1 aromatic rings. The van der Waals surface area contributed by atoms with Gasteiger partial charge in [0.05, 0.1) is 13.2 Å². The molecule has 5 nitrogen and oxygen atoms in total. The highest BCUT2D eigenvalue weighted by Gasteiger charge is 2.31. The molecule has 0 aromatic heterocycles. The molecule has 8 heteroatoms. The molecule has 0 aliphatic heterocycles. The van der Waals surface area contributed by atoms with Crippen molar-refractivity contribution in [2.45, 2.75) is 6.36 Å². The van der Waals surface area contributed by atoms with Crippen molar-refractivity contribution in [1.82, 2.24) is 4.90 Å². The van der Waals surface area contributed by atoms with E-state index in [2.05, 4.69) is 4.74 Å². The molecular weight excluding hydrogens is 291 g/mol. The zero-order valence-electron chi connectivity index (χ0n) is 11.4. The number of rotatable bonds is 7. The lowest BCUT2D eigenvalue weighted by molar-refractivity contribution is -0.274. The number of nitrogens with zero attached hydrogens (tertiary/aromatic N) is 1. The Morgan fingerprint density at radius 2 is 1.86 bits per heavy atom. The average molecular weight is 307 g/mol. The van der Waals surface area contributed by atoms with E-state index in [0.717, 1.165) is 12.1 Å². The van der Waals surface area contributed by atoms with Crippen LogP contribution in [-0.2, 0) is 4.74 Å². The van der Waals surface area contributed by atoms with Gasteiger partial charge in [-0.05, 0) is 24.3 Å². The number of methoxy groups -OCH3 is 1. The Bertz CT molecular complexity index is 448. The van der Waals surface area contributed by atoms with E-state index in [0.29, 0.717) is 6.61 Å². The predicted molar refractivity (Wildman–Crippen MR) is 68.0 cm³/mol. The summed E-state index contributed by atoms with van der Waals surface area (Å²) in [5, 5.41) is 8.92. The van der Waals surface area contributed by atoms with Crippen LogP contribution in [0.3, 0.4) is 0 Å². The monoisotopic (exact) mass is 307 g/mol. The summed E-state index contributed by atoms with van der Waals surface area (Å²) in [5.74, 6) is -0.802. The van der Waals surface area contributed by atoms with Crippen molar-refractivity contribution < 1.29 is 32.5 Å². The highest BCUT2D eigenvalue weighted by Crippen LogP contribution is 2.23. The van der Waals surface area contributed by atoms with Crippen molar-refractivity contribution in [1.29, 1.82) is 0 Å². The highest BCUT2D eigenvalue weighted by atomic mass is 19.4. The third-order valence-corrected chi connectivity index (χ3v) is 2.56. The molecule has 0 saturated carbocycles. The summed E-state index contributed by atoms with van der Waals surface area (Å²) in [6.45, 7) is 0.464. The van der Waals surface area contributed by atoms with Gasteiger partial charge in [-0.3, -0.25) is 4.79 Å². The summed E-state index contributed by atoms with van der Waals surface area (Å²) in [5.41, 5.74) is 0.203. The summed E-state index contributed by atoms with van der Waals surface area (Å²) in [6, 6.07) is 4.60. The molecule has 0 heterocycles. The molecule has 0 aliphatic carbocycles. The molecule has 21 heavy (non-hydrogen) atoms. The average Bonchev–Trinajstić information content (AvgIpc) is 2.42. The topological polar surface area (TPSA) is 59.0 Å². The summed E-state index contributed by atoms with van der Waals surface area (Å²) in [7, 11) is 1.48. The van der Waals surface area contributed by atoms with Gasteiger partial charge < -0.3 is 19.5 Å². The molecule has 0 spiro atoms. The van der Waals surface area contributed by atoms with Crippen LogP contribution in [0.1, 0.15) is 10.4 Å². The summed E-state index contributed by atoms with van der Waals surface area (Å²) < 4.78 is 44.7. The number of amides is 1. The van der Waals surface area contributed by atoms with E-state index in [9.17, 15) is 18.0 Å². The minimum Gasteiger partial charge on any atom is -0.406 e. The fraction of sp³-hybridized carbons (Fsp3) is 0.462. The van der Waals surface area contributed by atoms with E-state index in [1.807, 2.05) is 0 Å². The second-order valence-electron chi connectivity index (χ2n) is 4.08. The molecule has 0 unspecified atom stereocenters. The normalized spacial score (nSPS) is 11.3. The molecule has 1 amide bonds. The van der Waals surface area contributed by atoms with E-state index in [-0.39, 0.29) is 25.3 Å². The van der Waals surface area contributed by atoms with Crippen molar-refractivity contribution in [2.24, 2.45) is 0 Å². The van der Waals surface area contributed by atoms with Gasteiger partial charge in [0.1, 0.15) is 5.75 Å². The van der Waals surface area contributed by atoms with Crippen LogP contribution < -0.4 is 4.74 Å². The number of aliphatic hydroxyl groups excluding tert-OH is 1. The van der Waals surface area contributed by atoms with Gasteiger partial charge in [-0.25, -0.2) is 0 Å². The van der Waals surface area contributed by atoms with Gasteiger partial charge in [-0.2, -0.15) is 0 Å². The number of ether oxygens (including phenoxy) is 2. The predicted octanol–water partition coefficient (Wildman–Crippen LogP) is 1.67. The van der Waals surface area contributed by atoms with E-state index in [1.54, 1.807) is 0 Å². The number of benzene rings is 1. The van der Waals surface area contributed by atoms with E-state index < -0.39 is 18.0 Å². The first kappa shape index (κ1) is 17.3. The number of alkyl halides is 3. The summed E-state index contributed by atoms with van der Waals surface area (Å²) >= 11 is 0. The molecule has 118 valence electrons. The van der Waals surface area contributed by atoms with Gasteiger partial charge in [0.25, 0.3) is 5.91 Å². The van der Waals surface area contributed by atoms with Crippen LogP contribution in [0.25, 0.3) is 0 Å². The van der Waals surface area contributed by atoms with Crippen LogP contribution in [0.2, 0.25) is 0 Å². The molecule has 0 saturated heterocycles. The third-order valence-electron chi connectivity index (χ3n) is 2.56. The summed E-state index contributed by atoms with van der Waals surface area (Å²) in [6.07, 6.45) is -4.77.